The maximum Gasteiger partial charge on any atom is 0.125 e. The van der Waals surface area contributed by atoms with E-state index in [0.717, 1.165) is 0 Å². The van der Waals surface area contributed by atoms with Crippen molar-refractivity contribution >= 4 is 0 Å². The van der Waals surface area contributed by atoms with Gasteiger partial charge in [0.15, 0.2) is 0 Å². The molecule has 2 N–H and O–H groups in total. The van der Waals surface area contributed by atoms with Crippen LogP contribution in [0.15, 0.2) is 6.20 Å². The van der Waals surface area contributed by atoms with Crippen LogP contribution in [0.3, 0.4) is 0 Å². The molecule has 0 amide bonds. The molecule has 1 aromatic heterocycles. The molecule has 1 rings (SSSR count). The van der Waals surface area contributed by atoms with Crippen molar-refractivity contribution in [2.45, 2.75) is 13.5 Å². The smallest absolute Gasteiger partial charge is 0.125 e. The number of nitrogens with two attached hydrogens (primary N) is 1. The Morgan fingerprint density at radius 3 is 3.00 bits per heavy atom. The summed E-state index contributed by atoms with van der Waals surface area (Å²) in [5.41, 5.74) is 6.42. The third-order valence-corrected chi connectivity index (χ3v) is 1.30. The zero-order chi connectivity index (χ0) is 8.27. The minimum atomic E-state index is 0.284. The summed E-state index contributed by atoms with van der Waals surface area (Å²) in [6.45, 7) is 2.05. The number of hydrogen-bond donors (Lipinski definition) is 1. The van der Waals surface area contributed by atoms with E-state index in [1.165, 1.54) is 6.20 Å². The lowest BCUT2D eigenvalue weighted by Crippen LogP contribution is -2.05. The maximum absolute atomic E-state index is 8.55. The summed E-state index contributed by atoms with van der Waals surface area (Å²) >= 11 is 0. The molecule has 4 heteroatoms. The highest BCUT2D eigenvalue weighted by Crippen LogP contribution is 2.01. The van der Waals surface area contributed by atoms with Crippen LogP contribution >= 0.6 is 0 Å². The maximum atomic E-state index is 8.55. The lowest BCUT2D eigenvalue weighted by molar-refractivity contribution is 0.917. The second kappa shape index (κ2) is 3.08. The Balaban J connectivity index is 3.19. The number of aryl methyl sites for hydroxylation is 1. The van der Waals surface area contributed by atoms with Gasteiger partial charge in [0.05, 0.1) is 11.3 Å². The van der Waals surface area contributed by atoms with Crippen LogP contribution in [0, 0.1) is 18.3 Å². The summed E-state index contributed by atoms with van der Waals surface area (Å²) in [5, 5.41) is 8.55. The van der Waals surface area contributed by atoms with Crippen molar-refractivity contribution < 1.29 is 0 Å². The minimum Gasteiger partial charge on any atom is -0.325 e. The zero-order valence-corrected chi connectivity index (χ0v) is 6.20. The van der Waals surface area contributed by atoms with Gasteiger partial charge in [0, 0.05) is 12.7 Å². The van der Waals surface area contributed by atoms with E-state index in [4.69, 9.17) is 11.0 Å². The summed E-state index contributed by atoms with van der Waals surface area (Å²) in [5.74, 6) is 0.643. The monoisotopic (exact) mass is 148 g/mol. The lowest BCUT2D eigenvalue weighted by Gasteiger charge is -1.98. The van der Waals surface area contributed by atoms with Crippen molar-refractivity contribution in [1.29, 1.82) is 5.26 Å². The molecule has 0 aromatic carbocycles. The van der Waals surface area contributed by atoms with Crippen molar-refractivity contribution in [3.05, 3.63) is 23.3 Å². The van der Waals surface area contributed by atoms with Crippen LogP contribution < -0.4 is 5.73 Å². The van der Waals surface area contributed by atoms with E-state index in [0.29, 0.717) is 17.1 Å². The summed E-state index contributed by atoms with van der Waals surface area (Å²) in [6, 6.07) is 1.97. The molecule has 0 radical (unpaired) electrons. The minimum absolute atomic E-state index is 0.284. The molecule has 4 nitrogen and oxygen atoms in total. The van der Waals surface area contributed by atoms with Gasteiger partial charge >= 0.3 is 0 Å². The van der Waals surface area contributed by atoms with Gasteiger partial charge < -0.3 is 5.73 Å². The molecular formula is C7H8N4. The first kappa shape index (κ1) is 7.63. The van der Waals surface area contributed by atoms with E-state index in [2.05, 4.69) is 9.97 Å². The van der Waals surface area contributed by atoms with Crippen LogP contribution in [-0.4, -0.2) is 9.97 Å². The molecule has 11 heavy (non-hydrogen) atoms. The normalized spacial score (nSPS) is 9.18. The van der Waals surface area contributed by atoms with Gasteiger partial charge in [0.25, 0.3) is 0 Å². The van der Waals surface area contributed by atoms with Gasteiger partial charge in [0.1, 0.15) is 11.9 Å². The summed E-state index contributed by atoms with van der Waals surface area (Å²) in [6.07, 6.45) is 1.49. The van der Waals surface area contributed by atoms with Crippen molar-refractivity contribution in [1.82, 2.24) is 9.97 Å². The van der Waals surface area contributed by atoms with E-state index in [9.17, 15) is 0 Å². The highest BCUT2D eigenvalue weighted by atomic mass is 14.9. The van der Waals surface area contributed by atoms with Gasteiger partial charge in [-0.3, -0.25) is 0 Å². The molecule has 0 aliphatic rings. The average molecular weight is 148 g/mol. The Bertz CT molecular complexity index is 300. The number of nitriles is 1. The molecule has 56 valence electrons. The molecule has 0 aliphatic carbocycles. The van der Waals surface area contributed by atoms with Gasteiger partial charge in [-0.05, 0) is 6.92 Å². The molecular weight excluding hydrogens is 140 g/mol. The molecule has 1 aromatic rings. The predicted molar refractivity (Wildman–Crippen MR) is 39.4 cm³/mol. The van der Waals surface area contributed by atoms with Gasteiger partial charge in [-0.2, -0.15) is 5.26 Å². The molecule has 1 heterocycles. The van der Waals surface area contributed by atoms with E-state index in [1.807, 2.05) is 6.07 Å². The third-order valence-electron chi connectivity index (χ3n) is 1.30. The van der Waals surface area contributed by atoms with Crippen molar-refractivity contribution in [3.63, 3.8) is 0 Å². The molecule has 0 fully saturated rings. The molecule has 0 unspecified atom stereocenters. The van der Waals surface area contributed by atoms with Crippen LogP contribution in [-0.2, 0) is 6.54 Å². The average Bonchev–Trinajstić information content (AvgIpc) is 2.04. The molecule has 0 saturated heterocycles. The predicted octanol–water partition coefficient (Wildman–Crippen LogP) is 0.115. The Labute approximate surface area is 64.7 Å². The van der Waals surface area contributed by atoms with Gasteiger partial charge in [-0.25, -0.2) is 9.97 Å². The molecule has 0 saturated carbocycles. The zero-order valence-electron chi connectivity index (χ0n) is 6.20. The first-order valence-electron chi connectivity index (χ1n) is 3.20. The quantitative estimate of drug-likeness (QED) is 0.613. The van der Waals surface area contributed by atoms with Crippen LogP contribution in [0.1, 0.15) is 17.1 Å². The Hall–Kier alpha value is -1.47. The first-order chi connectivity index (χ1) is 5.27. The Kier molecular flexibility index (Phi) is 2.14. The summed E-state index contributed by atoms with van der Waals surface area (Å²) < 4.78 is 0. The SMILES string of the molecule is Cc1ncc(C#N)c(CN)n1. The molecule has 0 bridgehead atoms. The van der Waals surface area contributed by atoms with E-state index in [-0.39, 0.29) is 6.54 Å². The second-order valence-electron chi connectivity index (χ2n) is 2.09. The Morgan fingerprint density at radius 2 is 2.45 bits per heavy atom. The van der Waals surface area contributed by atoms with Crippen LogP contribution in [0.25, 0.3) is 0 Å². The van der Waals surface area contributed by atoms with E-state index >= 15 is 0 Å². The van der Waals surface area contributed by atoms with Crippen molar-refractivity contribution in [3.8, 4) is 6.07 Å². The standard InChI is InChI=1S/C7H8N4/c1-5-10-4-6(2-8)7(3-9)11-5/h4H,3,9H2,1H3. The number of rotatable bonds is 1. The van der Waals surface area contributed by atoms with E-state index in [1.54, 1.807) is 6.92 Å². The fourth-order valence-corrected chi connectivity index (χ4v) is 0.766. The van der Waals surface area contributed by atoms with Gasteiger partial charge in [-0.1, -0.05) is 0 Å². The van der Waals surface area contributed by atoms with Gasteiger partial charge in [-0.15, -0.1) is 0 Å². The second-order valence-corrected chi connectivity index (χ2v) is 2.09. The fraction of sp³-hybridized carbons (Fsp3) is 0.286. The number of nitrogens with zero attached hydrogens (tertiary/aromatic N) is 3. The summed E-state index contributed by atoms with van der Waals surface area (Å²) in [7, 11) is 0. The van der Waals surface area contributed by atoms with Crippen LogP contribution in [0.2, 0.25) is 0 Å². The topological polar surface area (TPSA) is 75.6 Å². The van der Waals surface area contributed by atoms with E-state index < -0.39 is 0 Å². The molecule has 0 aliphatic heterocycles. The number of aromatic nitrogens is 2. The first-order valence-corrected chi connectivity index (χ1v) is 3.20. The number of hydrogen-bond acceptors (Lipinski definition) is 4. The largest absolute Gasteiger partial charge is 0.325 e. The van der Waals surface area contributed by atoms with Gasteiger partial charge in [0.2, 0.25) is 0 Å². The lowest BCUT2D eigenvalue weighted by atomic mass is 10.2. The third kappa shape index (κ3) is 1.51. The fourth-order valence-electron chi connectivity index (χ4n) is 0.766. The highest BCUT2D eigenvalue weighted by Gasteiger charge is 2.01. The molecule has 0 spiro atoms. The summed E-state index contributed by atoms with van der Waals surface area (Å²) in [4.78, 5) is 7.87. The van der Waals surface area contributed by atoms with Crippen molar-refractivity contribution in [2.24, 2.45) is 5.73 Å². The van der Waals surface area contributed by atoms with Crippen LogP contribution in [0.4, 0.5) is 0 Å². The Morgan fingerprint density at radius 1 is 1.73 bits per heavy atom. The van der Waals surface area contributed by atoms with Crippen LogP contribution in [0.5, 0.6) is 0 Å². The molecule has 0 atom stereocenters. The van der Waals surface area contributed by atoms with Crippen molar-refractivity contribution in [2.75, 3.05) is 0 Å². The highest BCUT2D eigenvalue weighted by molar-refractivity contribution is 5.30.